The molecule has 0 saturated carbocycles. The van der Waals surface area contributed by atoms with Crippen LogP contribution >= 0.6 is 0 Å². The van der Waals surface area contributed by atoms with E-state index in [1.54, 1.807) is 0 Å². The minimum absolute atomic E-state index is 0.195. The van der Waals surface area contributed by atoms with Crippen LogP contribution in [0.3, 0.4) is 0 Å². The highest BCUT2D eigenvalue weighted by Crippen LogP contribution is 2.32. The fourth-order valence-electron chi connectivity index (χ4n) is 1.96. The number of benzene rings is 1. The standard InChI is InChI=1S/C13H13NO2/c14-9-13(7-6-12(15)16-10-13)8-11-4-2-1-3-5-11/h1-5H,6-8,10H2. The predicted molar refractivity (Wildman–Crippen MR) is 58.4 cm³/mol. The Morgan fingerprint density at radius 3 is 2.69 bits per heavy atom. The zero-order valence-electron chi connectivity index (χ0n) is 8.98. The molecular formula is C13H13NO2. The highest BCUT2D eigenvalue weighted by Gasteiger charge is 2.36. The monoisotopic (exact) mass is 215 g/mol. The van der Waals surface area contributed by atoms with Gasteiger partial charge in [0.1, 0.15) is 6.61 Å². The number of nitrogens with zero attached hydrogens (tertiary/aromatic N) is 1. The van der Waals surface area contributed by atoms with Crippen LogP contribution in [0.1, 0.15) is 18.4 Å². The number of carbonyl (C=O) groups is 1. The number of carbonyl (C=O) groups excluding carboxylic acids is 1. The third-order valence-corrected chi connectivity index (χ3v) is 2.94. The molecule has 0 amide bonds. The molecule has 0 aromatic heterocycles. The van der Waals surface area contributed by atoms with Gasteiger partial charge in [0.25, 0.3) is 0 Å². The molecule has 1 fully saturated rings. The van der Waals surface area contributed by atoms with Crippen LogP contribution in [0.25, 0.3) is 0 Å². The van der Waals surface area contributed by atoms with Gasteiger partial charge < -0.3 is 4.74 Å². The summed E-state index contributed by atoms with van der Waals surface area (Å²) in [5.74, 6) is -0.195. The van der Waals surface area contributed by atoms with Gasteiger partial charge in [-0.1, -0.05) is 30.3 Å². The van der Waals surface area contributed by atoms with Crippen LogP contribution in [0.2, 0.25) is 0 Å². The van der Waals surface area contributed by atoms with Crippen molar-refractivity contribution in [2.45, 2.75) is 19.3 Å². The van der Waals surface area contributed by atoms with Crippen LogP contribution in [0.5, 0.6) is 0 Å². The number of hydrogen-bond acceptors (Lipinski definition) is 3. The van der Waals surface area contributed by atoms with E-state index in [-0.39, 0.29) is 12.6 Å². The van der Waals surface area contributed by atoms with E-state index in [4.69, 9.17) is 4.74 Å². The van der Waals surface area contributed by atoms with Gasteiger partial charge in [-0.3, -0.25) is 4.79 Å². The third-order valence-electron chi connectivity index (χ3n) is 2.94. The van der Waals surface area contributed by atoms with Crippen molar-refractivity contribution >= 4 is 5.97 Å². The second-order valence-corrected chi connectivity index (χ2v) is 4.22. The Kier molecular flexibility index (Phi) is 2.91. The Bertz CT molecular complexity index is 409. The summed E-state index contributed by atoms with van der Waals surface area (Å²) in [6, 6.07) is 12.2. The fraction of sp³-hybridized carbons (Fsp3) is 0.385. The zero-order chi connectivity index (χ0) is 11.4. The van der Waals surface area contributed by atoms with Gasteiger partial charge in [-0.2, -0.15) is 5.26 Å². The molecule has 0 bridgehead atoms. The molecule has 1 heterocycles. The van der Waals surface area contributed by atoms with Crippen LogP contribution in [-0.4, -0.2) is 12.6 Å². The maximum Gasteiger partial charge on any atom is 0.305 e. The minimum Gasteiger partial charge on any atom is -0.464 e. The number of esters is 1. The van der Waals surface area contributed by atoms with Crippen molar-refractivity contribution in [1.29, 1.82) is 5.26 Å². The number of hydrogen-bond donors (Lipinski definition) is 0. The van der Waals surface area contributed by atoms with Crippen molar-refractivity contribution in [3.63, 3.8) is 0 Å². The van der Waals surface area contributed by atoms with E-state index >= 15 is 0 Å². The number of cyclic esters (lactones) is 1. The first-order valence-electron chi connectivity index (χ1n) is 5.35. The SMILES string of the molecule is N#CC1(Cc2ccccc2)CCC(=O)OC1. The largest absolute Gasteiger partial charge is 0.464 e. The van der Waals surface area contributed by atoms with Gasteiger partial charge in [-0.05, 0) is 18.4 Å². The molecule has 0 spiro atoms. The van der Waals surface area contributed by atoms with Crippen molar-refractivity contribution in [3.05, 3.63) is 35.9 Å². The molecule has 1 unspecified atom stereocenters. The van der Waals surface area contributed by atoms with Crippen molar-refractivity contribution in [2.75, 3.05) is 6.61 Å². The van der Waals surface area contributed by atoms with E-state index < -0.39 is 5.41 Å². The molecule has 1 aromatic rings. The van der Waals surface area contributed by atoms with Crippen molar-refractivity contribution < 1.29 is 9.53 Å². The fourth-order valence-corrected chi connectivity index (χ4v) is 1.96. The molecule has 1 aliphatic rings. The average Bonchev–Trinajstić information content (AvgIpc) is 2.34. The smallest absolute Gasteiger partial charge is 0.305 e. The summed E-state index contributed by atoms with van der Waals surface area (Å²) >= 11 is 0. The molecule has 1 aliphatic heterocycles. The highest BCUT2D eigenvalue weighted by molar-refractivity contribution is 5.70. The maximum atomic E-state index is 11.0. The Hall–Kier alpha value is -1.82. The number of rotatable bonds is 2. The first-order chi connectivity index (χ1) is 7.74. The van der Waals surface area contributed by atoms with E-state index in [0.29, 0.717) is 19.3 Å². The maximum absolute atomic E-state index is 11.0. The number of nitriles is 1. The summed E-state index contributed by atoms with van der Waals surface area (Å²) < 4.78 is 5.00. The minimum atomic E-state index is -0.532. The molecular weight excluding hydrogens is 202 g/mol. The van der Waals surface area contributed by atoms with Gasteiger partial charge in [0, 0.05) is 6.42 Å². The van der Waals surface area contributed by atoms with Crippen LogP contribution in [-0.2, 0) is 16.0 Å². The molecule has 3 heteroatoms. The van der Waals surface area contributed by atoms with Crippen LogP contribution in [0.15, 0.2) is 30.3 Å². The van der Waals surface area contributed by atoms with E-state index in [2.05, 4.69) is 6.07 Å². The lowest BCUT2D eigenvalue weighted by Crippen LogP contribution is -2.34. The third kappa shape index (κ3) is 2.22. The lowest BCUT2D eigenvalue weighted by Gasteiger charge is -2.29. The van der Waals surface area contributed by atoms with Gasteiger partial charge in [-0.15, -0.1) is 0 Å². The van der Waals surface area contributed by atoms with Crippen LogP contribution < -0.4 is 0 Å². The molecule has 0 aliphatic carbocycles. The van der Waals surface area contributed by atoms with Crippen molar-refractivity contribution in [2.24, 2.45) is 5.41 Å². The van der Waals surface area contributed by atoms with Gasteiger partial charge >= 0.3 is 5.97 Å². The second-order valence-electron chi connectivity index (χ2n) is 4.22. The summed E-state index contributed by atoms with van der Waals surface area (Å²) in [6.45, 7) is 0.219. The van der Waals surface area contributed by atoms with Gasteiger partial charge in [0.05, 0.1) is 11.5 Å². The normalized spacial score (nSPS) is 24.6. The lowest BCUT2D eigenvalue weighted by molar-refractivity contribution is -0.151. The van der Waals surface area contributed by atoms with E-state index in [0.717, 1.165) is 5.56 Å². The molecule has 0 N–H and O–H groups in total. The topological polar surface area (TPSA) is 50.1 Å². The lowest BCUT2D eigenvalue weighted by atomic mass is 9.78. The highest BCUT2D eigenvalue weighted by atomic mass is 16.5. The van der Waals surface area contributed by atoms with Gasteiger partial charge in [-0.25, -0.2) is 0 Å². The Balaban J connectivity index is 2.12. The van der Waals surface area contributed by atoms with E-state index in [1.807, 2.05) is 30.3 Å². The zero-order valence-corrected chi connectivity index (χ0v) is 8.98. The van der Waals surface area contributed by atoms with E-state index in [1.165, 1.54) is 0 Å². The Morgan fingerprint density at radius 1 is 1.38 bits per heavy atom. The van der Waals surface area contributed by atoms with Crippen molar-refractivity contribution in [1.82, 2.24) is 0 Å². The van der Waals surface area contributed by atoms with Gasteiger partial charge in [0.15, 0.2) is 0 Å². The number of ether oxygens (including phenoxy) is 1. The molecule has 3 nitrogen and oxygen atoms in total. The van der Waals surface area contributed by atoms with E-state index in [9.17, 15) is 10.1 Å². The molecule has 0 radical (unpaired) electrons. The van der Waals surface area contributed by atoms with Crippen molar-refractivity contribution in [3.8, 4) is 6.07 Å². The molecule has 16 heavy (non-hydrogen) atoms. The Morgan fingerprint density at radius 2 is 2.12 bits per heavy atom. The first kappa shape index (κ1) is 10.7. The second kappa shape index (κ2) is 4.36. The summed E-state index contributed by atoms with van der Waals surface area (Å²) in [4.78, 5) is 11.0. The summed E-state index contributed by atoms with van der Waals surface area (Å²) in [5.41, 5.74) is 0.580. The Labute approximate surface area is 94.6 Å². The first-order valence-corrected chi connectivity index (χ1v) is 5.35. The quantitative estimate of drug-likeness (QED) is 0.709. The molecule has 1 saturated heterocycles. The van der Waals surface area contributed by atoms with Gasteiger partial charge in [0.2, 0.25) is 0 Å². The molecule has 2 rings (SSSR count). The average molecular weight is 215 g/mol. The molecule has 1 atom stereocenters. The molecule has 82 valence electrons. The predicted octanol–water partition coefficient (Wildman–Crippen LogP) is 2.08. The van der Waals surface area contributed by atoms with Crippen LogP contribution in [0.4, 0.5) is 0 Å². The summed E-state index contributed by atoms with van der Waals surface area (Å²) in [6.07, 6.45) is 1.59. The summed E-state index contributed by atoms with van der Waals surface area (Å²) in [7, 11) is 0. The van der Waals surface area contributed by atoms with Crippen LogP contribution in [0, 0.1) is 16.7 Å². The molecule has 1 aromatic carbocycles. The summed E-state index contributed by atoms with van der Waals surface area (Å²) in [5, 5.41) is 9.25.